The Labute approximate surface area is 212 Å². The third-order valence-electron chi connectivity index (χ3n) is 5.66. The molecule has 0 radical (unpaired) electrons. The van der Waals surface area contributed by atoms with E-state index in [0.717, 1.165) is 27.8 Å². The van der Waals surface area contributed by atoms with E-state index in [4.69, 9.17) is 4.74 Å². The van der Waals surface area contributed by atoms with Gasteiger partial charge in [-0.2, -0.15) is 5.10 Å². The molecule has 0 bridgehead atoms. The number of benzene rings is 3. The van der Waals surface area contributed by atoms with Gasteiger partial charge < -0.3 is 4.74 Å². The van der Waals surface area contributed by atoms with Crippen LogP contribution in [0.5, 0.6) is 0 Å². The van der Waals surface area contributed by atoms with Gasteiger partial charge in [-0.1, -0.05) is 36.4 Å². The van der Waals surface area contributed by atoms with E-state index in [1.807, 2.05) is 30.3 Å². The van der Waals surface area contributed by atoms with E-state index in [-0.39, 0.29) is 17.1 Å². The maximum absolute atomic E-state index is 14.4. The normalized spacial score (nSPS) is 11.3. The number of carbonyl (C=O) groups is 1. The Bertz CT molecular complexity index is 1350. The van der Waals surface area contributed by atoms with E-state index in [0.29, 0.717) is 30.4 Å². The van der Waals surface area contributed by atoms with Crippen molar-refractivity contribution >= 4 is 20.6 Å². The van der Waals surface area contributed by atoms with Gasteiger partial charge in [0, 0.05) is 24.8 Å². The van der Waals surface area contributed by atoms with Gasteiger partial charge in [0.2, 0.25) is 4.69 Å². The zero-order valence-corrected chi connectivity index (χ0v) is 21.4. The quantitative estimate of drug-likeness (QED) is 0.275. The number of aromatic amines is 1. The molecule has 1 heterocycles. The summed E-state index contributed by atoms with van der Waals surface area (Å²) in [6.07, 6.45) is 0. The summed E-state index contributed by atoms with van der Waals surface area (Å²) in [5.74, 6) is 0.602. The number of nitrogens with zero attached hydrogens (tertiary/aromatic N) is 3. The second-order valence-corrected chi connectivity index (χ2v) is 9.39. The van der Waals surface area contributed by atoms with E-state index < -0.39 is 0 Å². The van der Waals surface area contributed by atoms with Crippen LogP contribution in [0.3, 0.4) is 0 Å². The highest BCUT2D eigenvalue weighted by molar-refractivity contribution is 9.18. The van der Waals surface area contributed by atoms with Crippen molar-refractivity contribution in [3.63, 3.8) is 0 Å². The second-order valence-electron chi connectivity index (χ2n) is 8.50. The molecular weight excluding hydrogens is 511 g/mol. The molecule has 0 spiro atoms. The summed E-state index contributed by atoms with van der Waals surface area (Å²) in [7, 11) is 3.47. The number of likely N-dealkylation sites (N-methyl/N-ethyl adjacent to an activating group) is 1. The van der Waals surface area contributed by atoms with Crippen LogP contribution in [0.2, 0.25) is 0 Å². The molecule has 0 unspecified atom stereocenters. The van der Waals surface area contributed by atoms with Gasteiger partial charge in [0.05, 0.1) is 13.2 Å². The maximum Gasteiger partial charge on any atom is 0.211 e. The van der Waals surface area contributed by atoms with Crippen molar-refractivity contribution in [1.82, 2.24) is 20.1 Å². The largest absolute Gasteiger partial charge is 0.380 e. The molecule has 0 saturated heterocycles. The molecule has 1 N–H and O–H groups in total. The lowest BCUT2D eigenvalue weighted by Gasteiger charge is -2.14. The molecule has 0 atom stereocenters. The third-order valence-corrected chi connectivity index (χ3v) is 5.91. The van der Waals surface area contributed by atoms with Crippen LogP contribution in [0.25, 0.3) is 33.9 Å². The number of H-pyrrole nitrogens is 1. The SMILES string of the molecule is COCc1cc(-c2nc(-c3cc(F)cc(CN(C)CC(=O)Br)c3)n[nH]2)ccc1-c1ccccc1C. The molecule has 0 saturated carbocycles. The molecule has 0 aliphatic heterocycles. The minimum absolute atomic E-state index is 0.128. The number of hydrogen-bond donors (Lipinski definition) is 1. The lowest BCUT2D eigenvalue weighted by atomic mass is 9.94. The Balaban J connectivity index is 1.64. The highest BCUT2D eigenvalue weighted by Gasteiger charge is 2.14. The van der Waals surface area contributed by atoms with E-state index in [1.165, 1.54) is 17.7 Å². The molecule has 0 aliphatic carbocycles. The first-order valence-electron chi connectivity index (χ1n) is 11.1. The first-order chi connectivity index (χ1) is 16.8. The van der Waals surface area contributed by atoms with Crippen molar-refractivity contribution in [1.29, 1.82) is 0 Å². The lowest BCUT2D eigenvalue weighted by Crippen LogP contribution is -2.22. The van der Waals surface area contributed by atoms with Crippen molar-refractivity contribution in [3.05, 3.63) is 83.2 Å². The van der Waals surface area contributed by atoms with Gasteiger partial charge >= 0.3 is 0 Å². The number of halogens is 2. The number of rotatable bonds is 9. The minimum atomic E-state index is -0.382. The van der Waals surface area contributed by atoms with Crippen LogP contribution in [0, 0.1) is 12.7 Å². The Hall–Kier alpha value is -3.20. The maximum atomic E-state index is 14.4. The summed E-state index contributed by atoms with van der Waals surface area (Å²) in [4.78, 5) is 17.7. The zero-order chi connectivity index (χ0) is 24.9. The van der Waals surface area contributed by atoms with E-state index in [1.54, 1.807) is 19.1 Å². The highest BCUT2D eigenvalue weighted by atomic mass is 79.9. The summed E-state index contributed by atoms with van der Waals surface area (Å²) < 4.78 is 19.7. The van der Waals surface area contributed by atoms with Gasteiger partial charge in [-0.05, 0) is 82.0 Å². The lowest BCUT2D eigenvalue weighted by molar-refractivity contribution is -0.111. The number of ether oxygens (including phenoxy) is 1. The fourth-order valence-corrected chi connectivity index (χ4v) is 4.55. The number of hydrogen-bond acceptors (Lipinski definition) is 5. The molecule has 4 aromatic rings. The van der Waals surface area contributed by atoms with Gasteiger partial charge in [-0.15, -0.1) is 0 Å². The minimum Gasteiger partial charge on any atom is -0.380 e. The fourth-order valence-electron chi connectivity index (χ4n) is 4.12. The summed E-state index contributed by atoms with van der Waals surface area (Å²) >= 11 is 2.93. The second kappa shape index (κ2) is 11.0. The average molecular weight is 537 g/mol. The number of nitrogens with one attached hydrogen (secondary N) is 1. The van der Waals surface area contributed by atoms with Crippen molar-refractivity contribution in [2.24, 2.45) is 0 Å². The van der Waals surface area contributed by atoms with Gasteiger partial charge in [0.15, 0.2) is 11.6 Å². The molecule has 180 valence electrons. The van der Waals surface area contributed by atoms with E-state index in [2.05, 4.69) is 56.2 Å². The third kappa shape index (κ3) is 6.08. The Morgan fingerprint density at radius 1 is 1.09 bits per heavy atom. The summed E-state index contributed by atoms with van der Waals surface area (Å²) in [5, 5.41) is 7.31. The van der Waals surface area contributed by atoms with Crippen molar-refractivity contribution in [2.45, 2.75) is 20.1 Å². The summed E-state index contributed by atoms with van der Waals surface area (Å²) in [5.41, 5.74) is 6.64. The predicted molar refractivity (Wildman–Crippen MR) is 138 cm³/mol. The molecule has 8 heteroatoms. The molecule has 1 aromatic heterocycles. The fraction of sp³-hybridized carbons (Fsp3) is 0.222. The molecule has 4 rings (SSSR count). The van der Waals surface area contributed by atoms with Gasteiger partial charge in [0.1, 0.15) is 5.82 Å². The molecule has 3 aromatic carbocycles. The van der Waals surface area contributed by atoms with Crippen LogP contribution in [-0.4, -0.2) is 45.5 Å². The standard InChI is InChI=1S/C27H26BrFN4O2/c1-17-6-4-5-7-23(17)24-9-8-19(12-21(24)16-35-3)26-30-27(32-31-26)20-10-18(11-22(29)13-20)14-33(2)15-25(28)34/h4-13H,14-16H2,1-3H3,(H,30,31,32). The van der Waals surface area contributed by atoms with E-state index >= 15 is 0 Å². The van der Waals surface area contributed by atoms with Crippen molar-refractivity contribution in [3.8, 4) is 33.9 Å². The monoisotopic (exact) mass is 536 g/mol. The molecule has 6 nitrogen and oxygen atoms in total. The molecule has 35 heavy (non-hydrogen) atoms. The topological polar surface area (TPSA) is 71.1 Å². The Morgan fingerprint density at radius 2 is 1.89 bits per heavy atom. The van der Waals surface area contributed by atoms with Crippen LogP contribution in [-0.2, 0) is 22.7 Å². The van der Waals surface area contributed by atoms with Crippen LogP contribution >= 0.6 is 15.9 Å². The predicted octanol–water partition coefficient (Wildman–Crippen LogP) is 5.75. The van der Waals surface area contributed by atoms with Crippen molar-refractivity contribution in [2.75, 3.05) is 20.7 Å². The number of methoxy groups -OCH3 is 1. The molecule has 0 aliphatic rings. The Morgan fingerprint density at radius 3 is 2.63 bits per heavy atom. The van der Waals surface area contributed by atoms with Crippen molar-refractivity contribution < 1.29 is 13.9 Å². The highest BCUT2D eigenvalue weighted by Crippen LogP contribution is 2.31. The molecular formula is C27H26BrFN4O2. The van der Waals surface area contributed by atoms with Gasteiger partial charge in [-0.3, -0.25) is 14.8 Å². The van der Waals surface area contributed by atoms with Crippen LogP contribution in [0.15, 0.2) is 60.7 Å². The average Bonchev–Trinajstić information content (AvgIpc) is 3.29. The smallest absolute Gasteiger partial charge is 0.211 e. The number of carbonyl (C=O) groups excluding carboxylic acids is 1. The van der Waals surface area contributed by atoms with Crippen LogP contribution in [0.4, 0.5) is 4.39 Å². The van der Waals surface area contributed by atoms with Crippen LogP contribution < -0.4 is 0 Å². The molecule has 0 amide bonds. The van der Waals surface area contributed by atoms with Gasteiger partial charge in [0.25, 0.3) is 0 Å². The number of aromatic nitrogens is 3. The van der Waals surface area contributed by atoms with E-state index in [9.17, 15) is 9.18 Å². The molecule has 0 fully saturated rings. The summed E-state index contributed by atoms with van der Waals surface area (Å²) in [6, 6.07) is 19.0. The summed E-state index contributed by atoms with van der Waals surface area (Å²) in [6.45, 7) is 3.18. The van der Waals surface area contributed by atoms with Gasteiger partial charge in [-0.25, -0.2) is 9.37 Å². The Kier molecular flexibility index (Phi) is 7.85. The zero-order valence-electron chi connectivity index (χ0n) is 19.8. The van der Waals surface area contributed by atoms with Crippen LogP contribution in [0.1, 0.15) is 16.7 Å². The number of aryl methyl sites for hydroxylation is 1. The first-order valence-corrected chi connectivity index (χ1v) is 11.9. The first kappa shape index (κ1) is 24.9.